The molecule has 9 rings (SSSR count). The van der Waals surface area contributed by atoms with E-state index in [0.717, 1.165) is 118 Å². The van der Waals surface area contributed by atoms with E-state index in [4.69, 9.17) is 15.5 Å². The van der Waals surface area contributed by atoms with E-state index in [9.17, 15) is 33.5 Å². The summed E-state index contributed by atoms with van der Waals surface area (Å²) in [6, 6.07) is 12.7. The number of hydrogen-bond donors (Lipinski definition) is 4. The van der Waals surface area contributed by atoms with Gasteiger partial charge in [-0.15, -0.1) is 11.3 Å². The average molecular weight is 1090 g/mol. The summed E-state index contributed by atoms with van der Waals surface area (Å²) in [6.07, 6.45) is 9.50. The quantitative estimate of drug-likeness (QED) is 0.0670. The Morgan fingerprint density at radius 3 is 2.40 bits per heavy atom. The van der Waals surface area contributed by atoms with Crippen LogP contribution in [0, 0.1) is 12.3 Å². The van der Waals surface area contributed by atoms with Crippen molar-refractivity contribution in [3.05, 3.63) is 87.9 Å². The van der Waals surface area contributed by atoms with Crippen LogP contribution in [-0.2, 0) is 27.3 Å². The van der Waals surface area contributed by atoms with E-state index in [1.807, 2.05) is 42.6 Å². The van der Waals surface area contributed by atoms with Gasteiger partial charge < -0.3 is 50.7 Å². The number of nitrogens with zero attached hydrogens (tertiary/aromatic N) is 8. The SMILES string of the molecule is Cc1ncsc1-c1ccc(CNC(=O)[C@@H]2C[C@@H](O)CN2C(=O)[C@@H](NC(=O)C2(F)CC2)C(C)(C)C)c(OCCCCCCN2CCC(c3ccc(Cc4nc(N5CCC[C@@H](N6CCN(C)C6=O)C5)cnc4C(N)=O)cc3)CC2)c1. The van der Waals surface area contributed by atoms with E-state index < -0.39 is 52.9 Å². The Bertz CT molecular complexity index is 2800. The van der Waals surface area contributed by atoms with Gasteiger partial charge in [0.2, 0.25) is 11.8 Å². The number of likely N-dealkylation sites (N-methyl/N-ethyl adjacent to an activating group) is 1. The fourth-order valence-electron chi connectivity index (χ4n) is 11.5. The number of anilines is 1. The molecule has 4 aliphatic heterocycles. The molecule has 1 saturated carbocycles. The van der Waals surface area contributed by atoms with Crippen LogP contribution in [0.15, 0.2) is 54.2 Å². The maximum absolute atomic E-state index is 14.7. The summed E-state index contributed by atoms with van der Waals surface area (Å²) in [7, 11) is 1.84. The molecule has 4 atom stereocenters. The van der Waals surface area contributed by atoms with Crippen LogP contribution in [0.4, 0.5) is 15.0 Å². The van der Waals surface area contributed by atoms with E-state index in [0.29, 0.717) is 42.8 Å². The summed E-state index contributed by atoms with van der Waals surface area (Å²) in [5.41, 5.74) is 10.6. The smallest absolute Gasteiger partial charge is 0.320 e. The predicted molar refractivity (Wildman–Crippen MR) is 297 cm³/mol. The first-order chi connectivity index (χ1) is 37.3. The summed E-state index contributed by atoms with van der Waals surface area (Å²) in [5.74, 6) is -0.554. The monoisotopic (exact) mass is 1090 g/mol. The zero-order valence-electron chi connectivity index (χ0n) is 46.0. The molecule has 6 heterocycles. The summed E-state index contributed by atoms with van der Waals surface area (Å²) in [5, 5.41) is 16.3. The molecule has 1 aliphatic carbocycles. The standard InChI is InChI=1S/C58H78FN11O7S/c1-37-50(78-36-63-37)41-16-17-42(32-62-53(73)46-31-44(71)35-70(46)54(74)51(57(2,3)4)65-55(75)58(59)20-21-58)47(30-41)77-28-9-7-6-8-22-67-24-18-40(19-25-67)39-14-12-38(13-15-39)29-45-49(52(60)72)61-33-48(64-45)68-23-10-11-43(34-68)69-27-26-66(5)56(69)76/h12-17,30,33,36,40,43-44,46,51,71H,6-11,18-29,31-32,34-35H2,1-5H3,(H2,60,72)(H,62,73)(H,65,75)/t43-,44-,46+,51-/m1/s1. The van der Waals surface area contributed by atoms with Crippen molar-refractivity contribution in [2.24, 2.45) is 11.1 Å². The molecule has 0 radical (unpaired) electrons. The van der Waals surface area contributed by atoms with Crippen molar-refractivity contribution in [3.8, 4) is 16.2 Å². The van der Waals surface area contributed by atoms with Crippen LogP contribution in [0.25, 0.3) is 10.4 Å². The van der Waals surface area contributed by atoms with Gasteiger partial charge in [-0.1, -0.05) is 70.0 Å². The molecule has 0 spiro atoms. The number of urea groups is 1. The predicted octanol–water partition coefficient (Wildman–Crippen LogP) is 6.36. The molecule has 0 unspecified atom stereocenters. The number of rotatable bonds is 21. The van der Waals surface area contributed by atoms with Crippen molar-refractivity contribution in [1.82, 2.24) is 45.2 Å². The van der Waals surface area contributed by atoms with Gasteiger partial charge in [0.15, 0.2) is 5.67 Å². The molecule has 2 aromatic heterocycles. The van der Waals surface area contributed by atoms with Gasteiger partial charge in [0.05, 0.1) is 46.7 Å². The van der Waals surface area contributed by atoms with Crippen molar-refractivity contribution < 1.29 is 38.2 Å². The largest absolute Gasteiger partial charge is 0.493 e. The summed E-state index contributed by atoms with van der Waals surface area (Å²) in [6.45, 7) is 13.9. The molecular formula is C58H78FN11O7S. The number of piperidine rings is 2. The Balaban J connectivity index is 0.721. The Hall–Kier alpha value is -6.25. The number of amides is 6. The van der Waals surface area contributed by atoms with Crippen LogP contribution in [0.2, 0.25) is 0 Å². The van der Waals surface area contributed by atoms with Crippen LogP contribution in [0.3, 0.4) is 0 Å². The van der Waals surface area contributed by atoms with Crippen molar-refractivity contribution >= 4 is 46.8 Å². The molecule has 2 aromatic carbocycles. The van der Waals surface area contributed by atoms with Crippen LogP contribution in [-0.4, -0.2) is 165 Å². The van der Waals surface area contributed by atoms with Gasteiger partial charge in [0.25, 0.3) is 11.8 Å². The first-order valence-electron chi connectivity index (χ1n) is 28.0. The number of benzene rings is 2. The molecule has 78 heavy (non-hydrogen) atoms. The molecule has 6 amide bonds. The minimum Gasteiger partial charge on any atom is -0.493 e. The summed E-state index contributed by atoms with van der Waals surface area (Å²) in [4.78, 5) is 90.5. The Labute approximate surface area is 461 Å². The fourth-order valence-corrected chi connectivity index (χ4v) is 12.3. The first-order valence-corrected chi connectivity index (χ1v) is 28.9. The van der Waals surface area contributed by atoms with Gasteiger partial charge in [-0.2, -0.15) is 0 Å². The third kappa shape index (κ3) is 13.4. The molecule has 0 bridgehead atoms. The second-order valence-corrected chi connectivity index (χ2v) is 24.1. The molecule has 4 saturated heterocycles. The number of halogens is 1. The van der Waals surface area contributed by atoms with Gasteiger partial charge in [0.1, 0.15) is 29.3 Å². The minimum absolute atomic E-state index is 0.0397. The Morgan fingerprint density at radius 1 is 0.962 bits per heavy atom. The molecular weight excluding hydrogens is 1010 g/mol. The normalized spacial score (nSPS) is 21.2. The number of likely N-dealkylation sites (tertiary alicyclic amines) is 2. The molecule has 18 nitrogen and oxygen atoms in total. The number of thiazole rings is 1. The number of aryl methyl sites for hydroxylation is 1. The second kappa shape index (κ2) is 24.4. The third-order valence-corrected chi connectivity index (χ3v) is 17.4. The summed E-state index contributed by atoms with van der Waals surface area (Å²) >= 11 is 1.55. The zero-order valence-corrected chi connectivity index (χ0v) is 46.8. The van der Waals surface area contributed by atoms with Gasteiger partial charge in [0, 0.05) is 64.7 Å². The average Bonchev–Trinajstić information content (AvgIpc) is 3.66. The number of aliphatic hydroxyl groups excluding tert-OH is 1. The lowest BCUT2D eigenvalue weighted by Gasteiger charge is -2.37. The highest BCUT2D eigenvalue weighted by Gasteiger charge is 2.53. The number of aliphatic hydroxyl groups is 1. The van der Waals surface area contributed by atoms with Crippen LogP contribution >= 0.6 is 11.3 Å². The molecule has 420 valence electrons. The van der Waals surface area contributed by atoms with E-state index in [2.05, 4.69) is 54.7 Å². The molecule has 4 aromatic rings. The number of nitrogens with one attached hydrogen (secondary N) is 2. The Kier molecular flexibility index (Phi) is 17.7. The number of ether oxygens (including phenoxy) is 1. The van der Waals surface area contributed by atoms with Crippen LogP contribution in [0.5, 0.6) is 5.75 Å². The number of hydrogen-bond acceptors (Lipinski definition) is 13. The lowest BCUT2D eigenvalue weighted by Crippen LogP contribution is -2.59. The molecule has 5 fully saturated rings. The van der Waals surface area contributed by atoms with Crippen molar-refractivity contribution in [2.45, 2.75) is 147 Å². The van der Waals surface area contributed by atoms with E-state index in [1.165, 1.54) is 10.5 Å². The fraction of sp³-hybridized carbons (Fsp3) is 0.586. The van der Waals surface area contributed by atoms with E-state index in [-0.39, 0.29) is 50.1 Å². The van der Waals surface area contributed by atoms with E-state index >= 15 is 0 Å². The summed E-state index contributed by atoms with van der Waals surface area (Å²) < 4.78 is 21.1. The molecule has 5 aliphatic rings. The van der Waals surface area contributed by atoms with Crippen molar-refractivity contribution in [1.29, 1.82) is 0 Å². The van der Waals surface area contributed by atoms with Crippen LogP contribution in [0.1, 0.15) is 136 Å². The number of carbonyl (C=O) groups excluding carboxylic acids is 5. The number of alkyl halides is 1. The lowest BCUT2D eigenvalue weighted by atomic mass is 9.85. The highest BCUT2D eigenvalue weighted by Crippen LogP contribution is 2.41. The molecule has 20 heteroatoms. The minimum atomic E-state index is -1.97. The van der Waals surface area contributed by atoms with Crippen LogP contribution < -0.4 is 26.0 Å². The number of aromatic nitrogens is 3. The number of nitrogens with two attached hydrogens (primary N) is 1. The van der Waals surface area contributed by atoms with Gasteiger partial charge in [-0.05, 0) is 112 Å². The first kappa shape index (κ1) is 56.5. The number of β-amino-alcohol motifs (C(OH)–C–C–N with tert-alkyl or cyclic N) is 1. The lowest BCUT2D eigenvalue weighted by molar-refractivity contribution is -0.145. The van der Waals surface area contributed by atoms with Gasteiger partial charge in [-0.3, -0.25) is 19.2 Å². The second-order valence-electron chi connectivity index (χ2n) is 23.3. The van der Waals surface area contributed by atoms with Crippen molar-refractivity contribution in [3.63, 3.8) is 0 Å². The van der Waals surface area contributed by atoms with E-state index in [1.54, 1.807) is 43.2 Å². The highest BCUT2D eigenvalue weighted by atomic mass is 32.1. The number of carbonyl (C=O) groups is 5. The third-order valence-electron chi connectivity index (χ3n) is 16.4. The maximum Gasteiger partial charge on any atom is 0.320 e. The zero-order chi connectivity index (χ0) is 55.3. The Morgan fingerprint density at radius 2 is 1.72 bits per heavy atom. The molecule has 5 N–H and O–H groups in total. The van der Waals surface area contributed by atoms with Crippen molar-refractivity contribution in [2.75, 3.05) is 70.9 Å². The van der Waals surface area contributed by atoms with Gasteiger partial charge >= 0.3 is 6.03 Å². The number of primary amides is 1. The topological polar surface area (TPSA) is 220 Å². The maximum atomic E-state index is 14.7. The highest BCUT2D eigenvalue weighted by molar-refractivity contribution is 7.13. The van der Waals surface area contributed by atoms with Gasteiger partial charge in [-0.25, -0.2) is 24.1 Å². The number of unbranched alkanes of at least 4 members (excludes halogenated alkanes) is 3.